The monoisotopic (exact) mass is 337 g/mol. The fraction of sp³-hybridized carbons (Fsp3) is 0.625. The first-order valence-electron chi connectivity index (χ1n) is 8.34. The minimum atomic E-state index is -0.01000. The third kappa shape index (κ3) is 3.29. The van der Waals surface area contributed by atoms with Gasteiger partial charge in [-0.2, -0.15) is 5.10 Å². The molecule has 0 atom stereocenters. The number of likely N-dealkylation sites (tertiary alicyclic amines) is 1. The number of halogens is 1. The number of nitrogens with one attached hydrogen (secondary N) is 2. The summed E-state index contributed by atoms with van der Waals surface area (Å²) >= 11 is 0. The molecule has 0 spiro atoms. The average molecular weight is 338 g/mol. The van der Waals surface area contributed by atoms with E-state index in [1.165, 1.54) is 12.8 Å². The number of hydrogen-bond acceptors (Lipinski definition) is 4. The molecule has 6 nitrogen and oxygen atoms in total. The van der Waals surface area contributed by atoms with E-state index in [0.717, 1.165) is 62.5 Å². The molecule has 4 rings (SSSR count). The van der Waals surface area contributed by atoms with Crippen molar-refractivity contribution in [3.63, 3.8) is 0 Å². The number of rotatable bonds is 3. The van der Waals surface area contributed by atoms with Crippen molar-refractivity contribution in [2.24, 2.45) is 0 Å². The Balaban J connectivity index is 0.00000156. The molecule has 0 unspecified atom stereocenters. The van der Waals surface area contributed by atoms with Crippen molar-refractivity contribution in [3.05, 3.63) is 33.9 Å². The Morgan fingerprint density at radius 1 is 1.22 bits per heavy atom. The summed E-state index contributed by atoms with van der Waals surface area (Å²) < 4.78 is 1.96. The third-order valence-corrected chi connectivity index (χ3v) is 4.96. The Morgan fingerprint density at radius 2 is 1.96 bits per heavy atom. The Hall–Kier alpha value is -1.37. The summed E-state index contributed by atoms with van der Waals surface area (Å²) in [5.74, 6) is 0.422. The van der Waals surface area contributed by atoms with E-state index >= 15 is 0 Å². The van der Waals surface area contributed by atoms with Crippen LogP contribution in [0.4, 0.5) is 0 Å². The van der Waals surface area contributed by atoms with Crippen LogP contribution in [0.25, 0.3) is 5.65 Å². The molecule has 126 valence electrons. The van der Waals surface area contributed by atoms with Crippen molar-refractivity contribution in [3.8, 4) is 0 Å². The predicted molar refractivity (Wildman–Crippen MR) is 92.4 cm³/mol. The number of H-pyrrole nitrogens is 1. The van der Waals surface area contributed by atoms with Gasteiger partial charge in [0.2, 0.25) is 0 Å². The van der Waals surface area contributed by atoms with Crippen LogP contribution in [0.3, 0.4) is 0 Å². The summed E-state index contributed by atoms with van der Waals surface area (Å²) in [5.41, 5.74) is 3.07. The number of nitrogens with zero attached hydrogens (tertiary/aromatic N) is 3. The molecule has 2 saturated heterocycles. The highest BCUT2D eigenvalue weighted by atomic mass is 35.5. The second-order valence-corrected chi connectivity index (χ2v) is 6.50. The van der Waals surface area contributed by atoms with E-state index in [0.29, 0.717) is 5.92 Å². The fourth-order valence-corrected chi connectivity index (χ4v) is 3.77. The van der Waals surface area contributed by atoms with Crippen LogP contribution in [-0.2, 0) is 6.54 Å². The minimum Gasteiger partial charge on any atom is -0.317 e. The van der Waals surface area contributed by atoms with Crippen molar-refractivity contribution in [1.82, 2.24) is 24.8 Å². The number of fused-ring (bicyclic) bond motifs is 1. The van der Waals surface area contributed by atoms with Crippen LogP contribution in [0.5, 0.6) is 0 Å². The number of piperidine rings is 1. The highest BCUT2D eigenvalue weighted by Crippen LogP contribution is 2.25. The molecule has 0 amide bonds. The van der Waals surface area contributed by atoms with E-state index < -0.39 is 0 Å². The van der Waals surface area contributed by atoms with Crippen LogP contribution in [0, 0.1) is 0 Å². The molecule has 0 bridgehead atoms. The predicted octanol–water partition coefficient (Wildman–Crippen LogP) is 1.51. The standard InChI is InChI=1S/C16H23N5O.ClH/c22-15-9-14(12-3-5-17-6-4-12)21-16(19-15)13(10-18-21)11-20-7-1-2-8-20;/h9-10,12,17H,1-8,11H2,(H,19,22);1H. The van der Waals surface area contributed by atoms with Gasteiger partial charge in [0.05, 0.1) is 11.9 Å². The van der Waals surface area contributed by atoms with Crippen molar-refractivity contribution in [2.45, 2.75) is 38.1 Å². The average Bonchev–Trinajstić information content (AvgIpc) is 3.18. The van der Waals surface area contributed by atoms with E-state index in [1.807, 2.05) is 10.7 Å². The topological polar surface area (TPSA) is 65.4 Å². The minimum absolute atomic E-state index is 0. The van der Waals surface area contributed by atoms with E-state index in [1.54, 1.807) is 6.07 Å². The summed E-state index contributed by atoms with van der Waals surface area (Å²) in [5, 5.41) is 7.95. The van der Waals surface area contributed by atoms with Gasteiger partial charge in [0.15, 0.2) is 0 Å². The van der Waals surface area contributed by atoms with Crippen LogP contribution >= 0.6 is 12.4 Å². The zero-order valence-electron chi connectivity index (χ0n) is 13.3. The van der Waals surface area contributed by atoms with Gasteiger partial charge in [0, 0.05) is 24.1 Å². The molecule has 0 aliphatic carbocycles. The molecule has 2 aromatic rings. The maximum Gasteiger partial charge on any atom is 0.251 e. The second-order valence-electron chi connectivity index (χ2n) is 6.50. The lowest BCUT2D eigenvalue weighted by atomic mass is 9.94. The molecule has 2 fully saturated rings. The molecule has 4 heterocycles. The molecule has 0 aromatic carbocycles. The fourth-order valence-electron chi connectivity index (χ4n) is 3.77. The maximum atomic E-state index is 12.1. The molecule has 0 saturated carbocycles. The second kappa shape index (κ2) is 7.03. The lowest BCUT2D eigenvalue weighted by molar-refractivity contribution is 0.332. The summed E-state index contributed by atoms with van der Waals surface area (Å²) in [7, 11) is 0. The van der Waals surface area contributed by atoms with Crippen LogP contribution in [-0.4, -0.2) is 45.7 Å². The van der Waals surface area contributed by atoms with Crippen LogP contribution in [0.1, 0.15) is 42.9 Å². The summed E-state index contributed by atoms with van der Waals surface area (Å²) in [4.78, 5) is 17.5. The molecular formula is C16H24ClN5O. The highest BCUT2D eigenvalue weighted by Gasteiger charge is 2.21. The normalized spacial score (nSPS) is 20.0. The zero-order chi connectivity index (χ0) is 14.9. The number of aromatic nitrogens is 3. The van der Waals surface area contributed by atoms with Gasteiger partial charge in [0.25, 0.3) is 5.56 Å². The van der Waals surface area contributed by atoms with E-state index in [9.17, 15) is 4.79 Å². The molecule has 2 N–H and O–H groups in total. The maximum absolute atomic E-state index is 12.1. The van der Waals surface area contributed by atoms with Crippen molar-refractivity contribution in [1.29, 1.82) is 0 Å². The van der Waals surface area contributed by atoms with Gasteiger partial charge in [0.1, 0.15) is 5.65 Å². The van der Waals surface area contributed by atoms with E-state index in [4.69, 9.17) is 0 Å². The summed E-state index contributed by atoms with van der Waals surface area (Å²) in [6.45, 7) is 5.21. The lowest BCUT2D eigenvalue weighted by Gasteiger charge is -2.23. The van der Waals surface area contributed by atoms with E-state index in [-0.39, 0.29) is 18.0 Å². The van der Waals surface area contributed by atoms with E-state index in [2.05, 4.69) is 20.3 Å². The quantitative estimate of drug-likeness (QED) is 0.891. The largest absolute Gasteiger partial charge is 0.317 e. The zero-order valence-corrected chi connectivity index (χ0v) is 14.1. The van der Waals surface area contributed by atoms with Crippen LogP contribution in [0.15, 0.2) is 17.1 Å². The first-order valence-corrected chi connectivity index (χ1v) is 8.34. The van der Waals surface area contributed by atoms with Crippen LogP contribution < -0.4 is 10.9 Å². The molecule has 23 heavy (non-hydrogen) atoms. The third-order valence-electron chi connectivity index (χ3n) is 4.96. The highest BCUT2D eigenvalue weighted by molar-refractivity contribution is 5.85. The first-order chi connectivity index (χ1) is 10.8. The molecular weight excluding hydrogens is 314 g/mol. The smallest absolute Gasteiger partial charge is 0.251 e. The molecule has 2 aromatic heterocycles. The summed E-state index contributed by atoms with van der Waals surface area (Å²) in [6.07, 6.45) is 6.61. The van der Waals surface area contributed by atoms with Gasteiger partial charge >= 0.3 is 0 Å². The van der Waals surface area contributed by atoms with Gasteiger partial charge in [-0.05, 0) is 51.9 Å². The van der Waals surface area contributed by atoms with Gasteiger partial charge < -0.3 is 10.3 Å². The first kappa shape index (κ1) is 16.5. The molecule has 2 aliphatic rings. The van der Waals surface area contributed by atoms with Crippen molar-refractivity contribution in [2.75, 3.05) is 26.2 Å². The van der Waals surface area contributed by atoms with Gasteiger partial charge in [-0.3, -0.25) is 9.69 Å². The van der Waals surface area contributed by atoms with Gasteiger partial charge in [-0.25, -0.2) is 4.52 Å². The van der Waals surface area contributed by atoms with Gasteiger partial charge in [-0.1, -0.05) is 0 Å². The Labute approximate surface area is 141 Å². The Kier molecular flexibility index (Phi) is 5.04. The molecule has 2 aliphatic heterocycles. The summed E-state index contributed by atoms with van der Waals surface area (Å²) in [6, 6.07) is 1.73. The van der Waals surface area contributed by atoms with Crippen molar-refractivity contribution >= 4 is 18.1 Å². The van der Waals surface area contributed by atoms with Crippen LogP contribution in [0.2, 0.25) is 0 Å². The molecule has 7 heteroatoms. The number of hydrogen-bond donors (Lipinski definition) is 2. The SMILES string of the molecule is Cl.O=c1cc(C2CCNCC2)n2ncc(CN3CCCC3)c2[nH]1. The van der Waals surface area contributed by atoms with Crippen molar-refractivity contribution < 1.29 is 0 Å². The van der Waals surface area contributed by atoms with Gasteiger partial charge in [-0.15, -0.1) is 12.4 Å². The lowest BCUT2D eigenvalue weighted by Crippen LogP contribution is -2.28. The molecule has 0 radical (unpaired) electrons. The number of aromatic amines is 1. The Bertz CT molecular complexity index is 713. The Morgan fingerprint density at radius 3 is 2.70 bits per heavy atom.